The molecule has 7 heteroatoms. The Kier molecular flexibility index (Phi) is 5.91. The molecule has 2 aromatic carbocycles. The molecule has 140 valence electrons. The molecule has 0 saturated carbocycles. The Morgan fingerprint density at radius 1 is 1.19 bits per heavy atom. The minimum Gasteiger partial charge on any atom is -0.324 e. The highest BCUT2D eigenvalue weighted by Crippen LogP contribution is 2.30. The third-order valence-electron chi connectivity index (χ3n) is 4.19. The van der Waals surface area contributed by atoms with E-state index in [2.05, 4.69) is 5.32 Å². The van der Waals surface area contributed by atoms with Crippen molar-refractivity contribution in [3.8, 4) is 0 Å². The number of hydrogen-bond acceptors (Lipinski definition) is 4. The molecule has 3 rings (SSSR count). The highest BCUT2D eigenvalue weighted by Gasteiger charge is 2.39. The van der Waals surface area contributed by atoms with Crippen LogP contribution in [0.5, 0.6) is 0 Å². The minimum atomic E-state index is -0.500. The zero-order valence-electron chi connectivity index (χ0n) is 14.8. The molecule has 27 heavy (non-hydrogen) atoms. The first-order valence-electron chi connectivity index (χ1n) is 8.55. The van der Waals surface area contributed by atoms with Crippen LogP contribution in [0.1, 0.15) is 18.4 Å². The number of benzene rings is 2. The Balaban J connectivity index is 1.52. The van der Waals surface area contributed by atoms with Crippen molar-refractivity contribution in [2.45, 2.75) is 25.0 Å². The fourth-order valence-electron chi connectivity index (χ4n) is 2.77. The topological polar surface area (TPSA) is 66.5 Å². The first-order chi connectivity index (χ1) is 13.0. The van der Waals surface area contributed by atoms with E-state index in [1.807, 2.05) is 19.1 Å². The number of imide groups is 1. The van der Waals surface area contributed by atoms with Gasteiger partial charge >= 0.3 is 0 Å². The number of amides is 3. The Hall–Kier alpha value is -2.67. The molecule has 1 aliphatic rings. The molecule has 0 aromatic heterocycles. The van der Waals surface area contributed by atoms with Crippen LogP contribution in [0.3, 0.4) is 0 Å². The molecule has 1 atom stereocenters. The summed E-state index contributed by atoms with van der Waals surface area (Å²) in [5.41, 5.74) is 1.74. The molecule has 0 aliphatic carbocycles. The summed E-state index contributed by atoms with van der Waals surface area (Å²) in [4.78, 5) is 37.9. The van der Waals surface area contributed by atoms with Gasteiger partial charge in [-0.05, 0) is 31.2 Å². The van der Waals surface area contributed by atoms with Gasteiger partial charge in [-0.1, -0.05) is 29.8 Å². The summed E-state index contributed by atoms with van der Waals surface area (Å²) in [5.74, 6) is -0.963. The largest absolute Gasteiger partial charge is 0.324 e. The zero-order valence-corrected chi connectivity index (χ0v) is 15.6. The molecule has 0 bridgehead atoms. The Morgan fingerprint density at radius 2 is 1.89 bits per heavy atom. The predicted molar refractivity (Wildman–Crippen MR) is 104 cm³/mol. The number of halogens is 1. The van der Waals surface area contributed by atoms with Crippen LogP contribution in [0.4, 0.5) is 15.8 Å². The molecule has 1 heterocycles. The summed E-state index contributed by atoms with van der Waals surface area (Å²) in [6.45, 7) is 1.93. The van der Waals surface area contributed by atoms with Crippen molar-refractivity contribution in [2.75, 3.05) is 16.0 Å². The summed E-state index contributed by atoms with van der Waals surface area (Å²) in [6.07, 6.45) is 0.244. The number of thioether (sulfide) groups is 1. The fraction of sp³-hybridized carbons (Fsp3) is 0.250. The molecule has 5 nitrogen and oxygen atoms in total. The molecular formula is C20H19FN2O3S. The lowest BCUT2D eigenvalue weighted by atomic mass is 10.2. The van der Waals surface area contributed by atoms with E-state index in [-0.39, 0.29) is 36.3 Å². The maximum atomic E-state index is 13.5. The second-order valence-corrected chi connectivity index (χ2v) is 7.56. The quantitative estimate of drug-likeness (QED) is 0.772. The summed E-state index contributed by atoms with van der Waals surface area (Å²) in [7, 11) is 0. The van der Waals surface area contributed by atoms with Crippen LogP contribution < -0.4 is 10.2 Å². The van der Waals surface area contributed by atoms with E-state index >= 15 is 0 Å². The van der Waals surface area contributed by atoms with Crippen molar-refractivity contribution in [1.82, 2.24) is 0 Å². The van der Waals surface area contributed by atoms with Gasteiger partial charge in [-0.15, -0.1) is 11.8 Å². The Morgan fingerprint density at radius 3 is 2.59 bits per heavy atom. The first kappa shape index (κ1) is 19.1. The number of nitrogens with zero attached hydrogens (tertiary/aromatic N) is 1. The molecule has 1 fully saturated rings. The van der Waals surface area contributed by atoms with Crippen molar-refractivity contribution >= 4 is 40.9 Å². The molecular weight excluding hydrogens is 367 g/mol. The van der Waals surface area contributed by atoms with Crippen molar-refractivity contribution in [1.29, 1.82) is 0 Å². The van der Waals surface area contributed by atoms with Gasteiger partial charge in [-0.3, -0.25) is 14.4 Å². The van der Waals surface area contributed by atoms with Gasteiger partial charge in [0.1, 0.15) is 5.82 Å². The molecule has 3 amide bonds. The molecule has 1 saturated heterocycles. The number of aryl methyl sites for hydroxylation is 1. The van der Waals surface area contributed by atoms with Gasteiger partial charge in [0.2, 0.25) is 17.7 Å². The van der Waals surface area contributed by atoms with Gasteiger partial charge in [0.15, 0.2) is 0 Å². The second-order valence-electron chi connectivity index (χ2n) is 6.24. The minimum absolute atomic E-state index is 0.117. The van der Waals surface area contributed by atoms with Gasteiger partial charge < -0.3 is 5.32 Å². The van der Waals surface area contributed by atoms with E-state index in [0.717, 1.165) is 5.56 Å². The van der Waals surface area contributed by atoms with Gasteiger partial charge in [-0.2, -0.15) is 0 Å². The lowest BCUT2D eigenvalue weighted by Crippen LogP contribution is -2.31. The lowest BCUT2D eigenvalue weighted by molar-refractivity contribution is -0.121. The summed E-state index contributed by atoms with van der Waals surface area (Å²) >= 11 is 1.27. The van der Waals surface area contributed by atoms with Gasteiger partial charge in [0.05, 0.1) is 16.6 Å². The Labute approximate surface area is 160 Å². The maximum Gasteiger partial charge on any atom is 0.247 e. The van der Waals surface area contributed by atoms with Gasteiger partial charge in [0.25, 0.3) is 0 Å². The maximum absolute atomic E-state index is 13.5. The summed E-state index contributed by atoms with van der Waals surface area (Å²) in [5, 5.41) is 2.01. The number of carbonyl (C=O) groups excluding carboxylic acids is 3. The number of anilines is 2. The Bertz CT molecular complexity index is 870. The standard InChI is InChI=1S/C20H19FN2O3S/c1-13-6-8-14(9-7-13)23-19(25)12-17(20(23)26)27-11-10-18(24)22-16-5-3-2-4-15(16)21/h2-9,17H,10-12H2,1H3,(H,22,24)/t17-/m0/s1. The van der Waals surface area contributed by atoms with Gasteiger partial charge in [0, 0.05) is 18.6 Å². The molecule has 0 radical (unpaired) electrons. The summed E-state index contributed by atoms with van der Waals surface area (Å²) in [6, 6.07) is 13.1. The normalized spacial score (nSPS) is 16.7. The zero-order chi connectivity index (χ0) is 19.4. The van der Waals surface area contributed by atoms with Crippen LogP contribution in [0.15, 0.2) is 48.5 Å². The van der Waals surface area contributed by atoms with Crippen molar-refractivity contribution in [3.05, 3.63) is 59.9 Å². The highest BCUT2D eigenvalue weighted by molar-refractivity contribution is 8.00. The molecule has 2 aromatic rings. The third-order valence-corrected chi connectivity index (χ3v) is 5.40. The fourth-order valence-corrected chi connectivity index (χ4v) is 3.86. The van der Waals surface area contributed by atoms with E-state index in [1.54, 1.807) is 24.3 Å². The average Bonchev–Trinajstić information content (AvgIpc) is 2.92. The van der Waals surface area contributed by atoms with E-state index < -0.39 is 11.1 Å². The smallest absolute Gasteiger partial charge is 0.247 e. The van der Waals surface area contributed by atoms with Crippen LogP contribution >= 0.6 is 11.8 Å². The van der Waals surface area contributed by atoms with Crippen molar-refractivity contribution in [3.63, 3.8) is 0 Å². The number of para-hydroxylation sites is 1. The molecule has 1 N–H and O–H groups in total. The third kappa shape index (κ3) is 4.54. The molecule has 1 aliphatic heterocycles. The predicted octanol–water partition coefficient (Wildman–Crippen LogP) is 3.53. The van der Waals surface area contributed by atoms with E-state index in [9.17, 15) is 18.8 Å². The van der Waals surface area contributed by atoms with E-state index in [1.165, 1.54) is 28.8 Å². The SMILES string of the molecule is Cc1ccc(N2C(=O)C[C@H](SCCC(=O)Nc3ccccc3F)C2=O)cc1. The van der Waals surface area contributed by atoms with Crippen LogP contribution in [0, 0.1) is 12.7 Å². The van der Waals surface area contributed by atoms with E-state index in [4.69, 9.17) is 0 Å². The van der Waals surface area contributed by atoms with Crippen LogP contribution in [0.25, 0.3) is 0 Å². The van der Waals surface area contributed by atoms with Crippen molar-refractivity contribution in [2.24, 2.45) is 0 Å². The average molecular weight is 386 g/mol. The van der Waals surface area contributed by atoms with Crippen molar-refractivity contribution < 1.29 is 18.8 Å². The number of nitrogens with one attached hydrogen (secondary N) is 1. The molecule has 0 spiro atoms. The number of hydrogen-bond donors (Lipinski definition) is 1. The lowest BCUT2D eigenvalue weighted by Gasteiger charge is -2.15. The second kappa shape index (κ2) is 8.35. The number of rotatable bonds is 6. The van der Waals surface area contributed by atoms with E-state index in [0.29, 0.717) is 11.4 Å². The first-order valence-corrected chi connectivity index (χ1v) is 9.60. The van der Waals surface area contributed by atoms with Crippen LogP contribution in [-0.4, -0.2) is 28.7 Å². The highest BCUT2D eigenvalue weighted by atomic mass is 32.2. The summed E-state index contributed by atoms with van der Waals surface area (Å²) < 4.78 is 13.5. The molecule has 0 unspecified atom stereocenters. The number of carbonyl (C=O) groups is 3. The van der Waals surface area contributed by atoms with Gasteiger partial charge in [-0.25, -0.2) is 9.29 Å². The van der Waals surface area contributed by atoms with Crippen LogP contribution in [0.2, 0.25) is 0 Å². The monoisotopic (exact) mass is 386 g/mol. The van der Waals surface area contributed by atoms with Crippen LogP contribution in [-0.2, 0) is 14.4 Å².